The number of carboxylic acids is 2. The Hall–Kier alpha value is -2.62. The van der Waals surface area contributed by atoms with Gasteiger partial charge < -0.3 is 20.6 Å². The van der Waals surface area contributed by atoms with Crippen LogP contribution in [0.15, 0.2) is 24.3 Å². The first-order valence-electron chi connectivity index (χ1n) is 6.12. The number of carbonyl (C=O) groups excluding carboxylic acids is 1. The van der Waals surface area contributed by atoms with Crippen molar-refractivity contribution in [3.8, 4) is 0 Å². The first kappa shape index (κ1) is 18.4. The summed E-state index contributed by atoms with van der Waals surface area (Å²) in [5.41, 5.74) is -1.18. The van der Waals surface area contributed by atoms with Crippen LogP contribution < -0.4 is 5.32 Å². The molecule has 0 unspecified atom stereocenters. The SMILES string of the molecule is O=C(O)C[C@@H](NC(=O)[C@H](O)c1ccc(C(F)(F)F)cc1)C(=O)O. The van der Waals surface area contributed by atoms with Crippen molar-refractivity contribution in [3.63, 3.8) is 0 Å². The van der Waals surface area contributed by atoms with E-state index >= 15 is 0 Å². The van der Waals surface area contributed by atoms with Gasteiger partial charge in [-0.1, -0.05) is 12.1 Å². The molecule has 0 fully saturated rings. The zero-order chi connectivity index (χ0) is 17.8. The van der Waals surface area contributed by atoms with Gasteiger partial charge in [0.1, 0.15) is 6.04 Å². The van der Waals surface area contributed by atoms with Crippen molar-refractivity contribution in [3.05, 3.63) is 35.4 Å². The van der Waals surface area contributed by atoms with Crippen LogP contribution in [0, 0.1) is 0 Å². The van der Waals surface area contributed by atoms with Gasteiger partial charge in [-0.05, 0) is 17.7 Å². The van der Waals surface area contributed by atoms with Gasteiger partial charge in [-0.3, -0.25) is 9.59 Å². The normalized spacial score (nSPS) is 13.9. The quantitative estimate of drug-likeness (QED) is 0.609. The van der Waals surface area contributed by atoms with Crippen LogP contribution in [0.4, 0.5) is 13.2 Å². The zero-order valence-electron chi connectivity index (χ0n) is 11.4. The third-order valence-electron chi connectivity index (χ3n) is 2.80. The summed E-state index contributed by atoms with van der Waals surface area (Å²) in [6.45, 7) is 0. The molecule has 0 radical (unpaired) electrons. The number of amides is 1. The molecule has 0 aliphatic rings. The summed E-state index contributed by atoms with van der Waals surface area (Å²) >= 11 is 0. The number of hydrogen-bond acceptors (Lipinski definition) is 4. The first-order chi connectivity index (χ1) is 10.5. The molecule has 1 aromatic carbocycles. The van der Waals surface area contributed by atoms with E-state index < -0.39 is 48.2 Å². The number of aliphatic hydroxyl groups excluding tert-OH is 1. The number of nitrogens with one attached hydrogen (secondary N) is 1. The van der Waals surface area contributed by atoms with E-state index in [0.29, 0.717) is 12.1 Å². The summed E-state index contributed by atoms with van der Waals surface area (Å²) < 4.78 is 37.2. The van der Waals surface area contributed by atoms with Crippen LogP contribution in [0.25, 0.3) is 0 Å². The summed E-state index contributed by atoms with van der Waals surface area (Å²) in [4.78, 5) is 33.0. The Morgan fingerprint density at radius 3 is 2.00 bits per heavy atom. The van der Waals surface area contributed by atoms with Gasteiger partial charge in [0.2, 0.25) is 0 Å². The molecule has 1 aromatic rings. The molecule has 0 spiro atoms. The van der Waals surface area contributed by atoms with Crippen molar-refractivity contribution in [2.24, 2.45) is 0 Å². The van der Waals surface area contributed by atoms with E-state index in [-0.39, 0.29) is 5.56 Å². The molecule has 10 heteroatoms. The summed E-state index contributed by atoms with van der Waals surface area (Å²) in [6, 6.07) is 1.25. The highest BCUT2D eigenvalue weighted by Crippen LogP contribution is 2.29. The predicted molar refractivity (Wildman–Crippen MR) is 68.2 cm³/mol. The number of rotatable bonds is 6. The van der Waals surface area contributed by atoms with Crippen LogP contribution in [0.2, 0.25) is 0 Å². The molecule has 126 valence electrons. The Morgan fingerprint density at radius 2 is 1.61 bits per heavy atom. The maximum atomic E-state index is 12.4. The molecule has 0 heterocycles. The molecule has 1 rings (SSSR count). The number of carboxylic acid groups (broad SMARTS) is 2. The Morgan fingerprint density at radius 1 is 1.09 bits per heavy atom. The van der Waals surface area contributed by atoms with E-state index in [1.165, 1.54) is 0 Å². The van der Waals surface area contributed by atoms with E-state index in [1.54, 1.807) is 5.32 Å². The molecule has 7 nitrogen and oxygen atoms in total. The first-order valence-corrected chi connectivity index (χ1v) is 6.12. The predicted octanol–water partition coefficient (Wildman–Crippen LogP) is 0.783. The smallest absolute Gasteiger partial charge is 0.416 e. The Kier molecular flexibility index (Phi) is 5.68. The van der Waals surface area contributed by atoms with Gasteiger partial charge in [0, 0.05) is 0 Å². The molecule has 2 atom stereocenters. The molecule has 0 aliphatic heterocycles. The Bertz CT molecular complexity index is 599. The minimum atomic E-state index is -4.58. The van der Waals surface area contributed by atoms with Crippen molar-refractivity contribution in [1.29, 1.82) is 0 Å². The van der Waals surface area contributed by atoms with Gasteiger partial charge in [0.25, 0.3) is 5.91 Å². The van der Waals surface area contributed by atoms with Crippen molar-refractivity contribution in [1.82, 2.24) is 5.32 Å². The highest BCUT2D eigenvalue weighted by Gasteiger charge is 2.31. The van der Waals surface area contributed by atoms with E-state index in [2.05, 4.69) is 0 Å². The van der Waals surface area contributed by atoms with Crippen molar-refractivity contribution >= 4 is 17.8 Å². The number of hydrogen-bond donors (Lipinski definition) is 4. The monoisotopic (exact) mass is 335 g/mol. The fourth-order valence-electron chi connectivity index (χ4n) is 1.63. The lowest BCUT2D eigenvalue weighted by Crippen LogP contribution is -2.44. The maximum Gasteiger partial charge on any atom is 0.416 e. The van der Waals surface area contributed by atoms with Crippen LogP contribution >= 0.6 is 0 Å². The fraction of sp³-hybridized carbons (Fsp3) is 0.308. The summed E-state index contributed by atoms with van der Waals surface area (Å²) in [6.07, 6.45) is -7.43. The summed E-state index contributed by atoms with van der Waals surface area (Å²) in [7, 11) is 0. The van der Waals surface area contributed by atoms with E-state index in [4.69, 9.17) is 10.2 Å². The molecule has 23 heavy (non-hydrogen) atoms. The van der Waals surface area contributed by atoms with Gasteiger partial charge >= 0.3 is 18.1 Å². The van der Waals surface area contributed by atoms with Gasteiger partial charge in [-0.25, -0.2) is 4.79 Å². The number of halogens is 3. The number of benzene rings is 1. The fourth-order valence-corrected chi connectivity index (χ4v) is 1.63. The van der Waals surface area contributed by atoms with Gasteiger partial charge in [0.05, 0.1) is 12.0 Å². The molecule has 0 saturated heterocycles. The standard InChI is InChI=1S/C13H12F3NO6/c14-13(15,16)7-3-1-6(2-4-7)10(20)11(21)17-8(12(22)23)5-9(18)19/h1-4,8,10,20H,5H2,(H,17,21)(H,18,19)(H,22,23)/t8-,10-/m1/s1. The average Bonchev–Trinajstić information content (AvgIpc) is 2.44. The number of aliphatic carboxylic acids is 2. The third-order valence-corrected chi connectivity index (χ3v) is 2.80. The van der Waals surface area contributed by atoms with Gasteiger partial charge in [-0.15, -0.1) is 0 Å². The third kappa shape index (κ3) is 5.25. The van der Waals surface area contributed by atoms with E-state index in [1.807, 2.05) is 0 Å². The molecule has 1 amide bonds. The number of carbonyl (C=O) groups is 3. The van der Waals surface area contributed by atoms with Crippen LogP contribution in [-0.4, -0.2) is 39.2 Å². The molecular weight excluding hydrogens is 323 g/mol. The van der Waals surface area contributed by atoms with E-state index in [9.17, 15) is 32.7 Å². The minimum absolute atomic E-state index is 0.199. The van der Waals surface area contributed by atoms with Crippen LogP contribution in [-0.2, 0) is 20.6 Å². The number of aliphatic hydroxyl groups is 1. The molecule has 0 aromatic heterocycles. The zero-order valence-corrected chi connectivity index (χ0v) is 11.4. The lowest BCUT2D eigenvalue weighted by Gasteiger charge is -2.16. The molecule has 0 bridgehead atoms. The highest BCUT2D eigenvalue weighted by atomic mass is 19.4. The lowest BCUT2D eigenvalue weighted by atomic mass is 10.1. The average molecular weight is 335 g/mol. The highest BCUT2D eigenvalue weighted by molar-refractivity contribution is 5.89. The second-order valence-electron chi connectivity index (χ2n) is 4.52. The second kappa shape index (κ2) is 7.09. The van der Waals surface area contributed by atoms with Gasteiger partial charge in [-0.2, -0.15) is 13.2 Å². The Balaban J connectivity index is 2.83. The van der Waals surface area contributed by atoms with Crippen LogP contribution in [0.5, 0.6) is 0 Å². The molecule has 4 N–H and O–H groups in total. The summed E-state index contributed by atoms with van der Waals surface area (Å²) in [5.74, 6) is -4.35. The second-order valence-corrected chi connectivity index (χ2v) is 4.52. The van der Waals surface area contributed by atoms with Crippen molar-refractivity contribution in [2.75, 3.05) is 0 Å². The largest absolute Gasteiger partial charge is 0.481 e. The summed E-state index contributed by atoms with van der Waals surface area (Å²) in [5, 5.41) is 28.8. The lowest BCUT2D eigenvalue weighted by molar-refractivity contribution is -0.148. The molecular formula is C13H12F3NO6. The van der Waals surface area contributed by atoms with Crippen LogP contribution in [0.3, 0.4) is 0 Å². The Labute approximate surface area is 127 Å². The van der Waals surface area contributed by atoms with Crippen molar-refractivity contribution < 1.29 is 42.9 Å². The van der Waals surface area contributed by atoms with Crippen LogP contribution in [0.1, 0.15) is 23.7 Å². The molecule has 0 aliphatic carbocycles. The molecule has 0 saturated carbocycles. The number of alkyl halides is 3. The van der Waals surface area contributed by atoms with E-state index in [0.717, 1.165) is 12.1 Å². The van der Waals surface area contributed by atoms with Crippen molar-refractivity contribution in [2.45, 2.75) is 24.7 Å². The topological polar surface area (TPSA) is 124 Å². The minimum Gasteiger partial charge on any atom is -0.481 e. The maximum absolute atomic E-state index is 12.4. The van der Waals surface area contributed by atoms with Gasteiger partial charge in [0.15, 0.2) is 6.10 Å².